The zero-order valence-corrected chi connectivity index (χ0v) is 9.02. The summed E-state index contributed by atoms with van der Waals surface area (Å²) in [6.45, 7) is -0.158. The molecule has 0 saturated carbocycles. The molecular formula is C10H13N5O2. The van der Waals surface area contributed by atoms with Crippen molar-refractivity contribution in [2.75, 3.05) is 12.3 Å². The van der Waals surface area contributed by atoms with Crippen molar-refractivity contribution >= 4 is 17.0 Å². The van der Waals surface area contributed by atoms with Crippen LogP contribution in [0, 0.1) is 0 Å². The number of aliphatic hydroxyl groups excluding tert-OH is 1. The Hall–Kier alpha value is -1.73. The number of rotatable bonds is 2. The van der Waals surface area contributed by atoms with Gasteiger partial charge < -0.3 is 15.6 Å². The summed E-state index contributed by atoms with van der Waals surface area (Å²) in [7, 11) is 0. The van der Waals surface area contributed by atoms with Gasteiger partial charge in [-0.15, -0.1) is 0 Å². The number of nitrogens with zero attached hydrogens (tertiary/aromatic N) is 4. The van der Waals surface area contributed by atoms with Crippen LogP contribution in [-0.4, -0.2) is 37.3 Å². The number of ether oxygens (including phenoxy) is 1. The molecule has 7 nitrogen and oxygen atoms in total. The van der Waals surface area contributed by atoms with Gasteiger partial charge in [0.25, 0.3) is 0 Å². The van der Waals surface area contributed by atoms with E-state index in [1.165, 1.54) is 6.33 Å². The number of fused-ring (bicyclic) bond motifs is 1. The van der Waals surface area contributed by atoms with Crippen LogP contribution in [0.5, 0.6) is 0 Å². The van der Waals surface area contributed by atoms with Crippen molar-refractivity contribution in [3.8, 4) is 0 Å². The van der Waals surface area contributed by atoms with E-state index < -0.39 is 12.5 Å². The summed E-state index contributed by atoms with van der Waals surface area (Å²) in [6, 6.07) is 0. The molecule has 3 N–H and O–H groups in total. The van der Waals surface area contributed by atoms with Gasteiger partial charge in [0.15, 0.2) is 11.5 Å². The molecule has 0 aromatic carbocycles. The standard InChI is InChI=1S/C10H13N5O2/c11-9-8-10(13-4-12-9)15(5-14-8)7-2-1-6(3-16)17-7/h4-7,16H,1-3H2,(H2,11,12,13)/t6-,7+/m0/s1/i1D/t1?,6-,7+. The second-order valence-electron chi connectivity index (χ2n) is 3.87. The van der Waals surface area contributed by atoms with Crippen molar-refractivity contribution in [2.45, 2.75) is 25.1 Å². The lowest BCUT2D eigenvalue weighted by Gasteiger charge is -2.13. The van der Waals surface area contributed by atoms with E-state index in [0.717, 1.165) is 0 Å². The number of hydrogen-bond acceptors (Lipinski definition) is 6. The highest BCUT2D eigenvalue weighted by atomic mass is 16.5. The molecule has 2 aromatic rings. The molecule has 3 atom stereocenters. The number of nitrogens with two attached hydrogens (primary N) is 1. The molecule has 0 radical (unpaired) electrons. The van der Waals surface area contributed by atoms with Crippen molar-refractivity contribution in [1.29, 1.82) is 0 Å². The molecule has 17 heavy (non-hydrogen) atoms. The first-order valence-corrected chi connectivity index (χ1v) is 5.32. The van der Waals surface area contributed by atoms with Gasteiger partial charge in [0.2, 0.25) is 0 Å². The number of hydrogen-bond donors (Lipinski definition) is 2. The number of imidazole rings is 1. The van der Waals surface area contributed by atoms with E-state index in [2.05, 4.69) is 15.0 Å². The lowest BCUT2D eigenvalue weighted by atomic mass is 10.2. The minimum atomic E-state index is -0.466. The first kappa shape index (κ1) is 9.32. The molecule has 1 aliphatic rings. The summed E-state index contributed by atoms with van der Waals surface area (Å²) in [4.78, 5) is 12.1. The smallest absolute Gasteiger partial charge is 0.167 e. The minimum absolute atomic E-state index is 0.158. The maximum absolute atomic E-state index is 9.09. The van der Waals surface area contributed by atoms with Crippen molar-refractivity contribution in [3.63, 3.8) is 0 Å². The SMILES string of the molecule is [2H]C1C[C@H](n2cnc3c(N)ncnc32)O[C@@H]1CO. The number of nitrogen functional groups attached to an aromatic ring is 1. The van der Waals surface area contributed by atoms with Crippen LogP contribution in [0.25, 0.3) is 11.2 Å². The molecule has 3 heterocycles. The highest BCUT2D eigenvalue weighted by Gasteiger charge is 2.27. The Morgan fingerprint density at radius 3 is 3.24 bits per heavy atom. The van der Waals surface area contributed by atoms with Gasteiger partial charge >= 0.3 is 0 Å². The number of aromatic nitrogens is 4. The molecule has 2 aromatic heterocycles. The molecular weight excluding hydrogens is 222 g/mol. The zero-order chi connectivity index (χ0) is 12.7. The molecule has 1 saturated heterocycles. The second-order valence-corrected chi connectivity index (χ2v) is 3.87. The number of aliphatic hydroxyl groups is 1. The van der Waals surface area contributed by atoms with Gasteiger partial charge in [0.1, 0.15) is 18.1 Å². The van der Waals surface area contributed by atoms with E-state index in [-0.39, 0.29) is 12.8 Å². The number of anilines is 1. The molecule has 0 bridgehead atoms. The van der Waals surface area contributed by atoms with E-state index in [1.54, 1.807) is 10.9 Å². The van der Waals surface area contributed by atoms with E-state index in [0.29, 0.717) is 23.4 Å². The van der Waals surface area contributed by atoms with E-state index in [4.69, 9.17) is 16.9 Å². The maximum atomic E-state index is 9.09. The van der Waals surface area contributed by atoms with Crippen LogP contribution in [0.4, 0.5) is 5.82 Å². The summed E-state index contributed by atoms with van der Waals surface area (Å²) in [5, 5.41) is 9.09. The van der Waals surface area contributed by atoms with Gasteiger partial charge in [0.05, 0.1) is 19.0 Å². The summed E-state index contributed by atoms with van der Waals surface area (Å²) in [6.07, 6.45) is 2.17. The molecule has 0 aliphatic carbocycles. The lowest BCUT2D eigenvalue weighted by molar-refractivity contribution is -0.0207. The third kappa shape index (κ3) is 1.63. The Labute approximate surface area is 98.7 Å². The first-order valence-electron chi connectivity index (χ1n) is 5.90. The maximum Gasteiger partial charge on any atom is 0.167 e. The quantitative estimate of drug-likeness (QED) is 0.766. The van der Waals surface area contributed by atoms with Crippen LogP contribution in [0.15, 0.2) is 12.7 Å². The van der Waals surface area contributed by atoms with Gasteiger partial charge in [-0.25, -0.2) is 15.0 Å². The van der Waals surface area contributed by atoms with Crippen LogP contribution in [0.2, 0.25) is 0 Å². The summed E-state index contributed by atoms with van der Waals surface area (Å²) >= 11 is 0. The Morgan fingerprint density at radius 1 is 1.59 bits per heavy atom. The molecule has 1 aliphatic heterocycles. The van der Waals surface area contributed by atoms with E-state index >= 15 is 0 Å². The summed E-state index contributed by atoms with van der Waals surface area (Å²) < 4.78 is 15.1. The lowest BCUT2D eigenvalue weighted by Crippen LogP contribution is -2.14. The van der Waals surface area contributed by atoms with Crippen molar-refractivity contribution in [1.82, 2.24) is 19.5 Å². The fourth-order valence-electron chi connectivity index (χ4n) is 1.96. The molecule has 0 spiro atoms. The Balaban J connectivity index is 1.99. The predicted octanol–water partition coefficient (Wildman–Crippen LogP) is 0.0784. The zero-order valence-electron chi connectivity index (χ0n) is 10.0. The van der Waals surface area contributed by atoms with Crippen LogP contribution in [0.3, 0.4) is 0 Å². The molecule has 90 valence electrons. The van der Waals surface area contributed by atoms with Crippen molar-refractivity contribution in [3.05, 3.63) is 12.7 Å². The Morgan fingerprint density at radius 2 is 2.47 bits per heavy atom. The molecule has 3 rings (SSSR count). The summed E-state index contributed by atoms with van der Waals surface area (Å²) in [5.74, 6) is 0.317. The molecule has 7 heteroatoms. The highest BCUT2D eigenvalue weighted by Crippen LogP contribution is 2.30. The third-order valence-corrected chi connectivity index (χ3v) is 2.81. The van der Waals surface area contributed by atoms with Crippen LogP contribution in [-0.2, 0) is 4.74 Å². The van der Waals surface area contributed by atoms with E-state index in [1.807, 2.05) is 0 Å². The Kier molecular flexibility index (Phi) is 2.16. The largest absolute Gasteiger partial charge is 0.394 e. The van der Waals surface area contributed by atoms with Crippen LogP contribution < -0.4 is 5.73 Å². The topological polar surface area (TPSA) is 99.1 Å². The first-order chi connectivity index (χ1) is 8.70. The van der Waals surface area contributed by atoms with Crippen LogP contribution >= 0.6 is 0 Å². The fourth-order valence-corrected chi connectivity index (χ4v) is 1.96. The van der Waals surface area contributed by atoms with Gasteiger partial charge in [-0.3, -0.25) is 4.57 Å². The van der Waals surface area contributed by atoms with Crippen molar-refractivity contribution < 1.29 is 11.2 Å². The fraction of sp³-hybridized carbons (Fsp3) is 0.500. The highest BCUT2D eigenvalue weighted by molar-refractivity contribution is 5.81. The van der Waals surface area contributed by atoms with E-state index in [9.17, 15) is 0 Å². The average Bonchev–Trinajstić information content (AvgIpc) is 2.93. The monoisotopic (exact) mass is 236 g/mol. The third-order valence-electron chi connectivity index (χ3n) is 2.81. The van der Waals surface area contributed by atoms with Gasteiger partial charge in [-0.2, -0.15) is 0 Å². The summed E-state index contributed by atoms with van der Waals surface area (Å²) in [5.41, 5.74) is 6.81. The predicted molar refractivity (Wildman–Crippen MR) is 60.0 cm³/mol. The van der Waals surface area contributed by atoms with Crippen molar-refractivity contribution in [2.24, 2.45) is 0 Å². The molecule has 0 amide bonds. The molecule has 1 unspecified atom stereocenters. The minimum Gasteiger partial charge on any atom is -0.394 e. The Bertz CT molecular complexity index is 574. The van der Waals surface area contributed by atoms with Gasteiger partial charge in [0, 0.05) is 1.37 Å². The van der Waals surface area contributed by atoms with Gasteiger partial charge in [-0.1, -0.05) is 0 Å². The van der Waals surface area contributed by atoms with Crippen LogP contribution in [0.1, 0.15) is 20.4 Å². The average molecular weight is 236 g/mol. The molecule has 1 fully saturated rings. The second kappa shape index (κ2) is 3.94. The van der Waals surface area contributed by atoms with Gasteiger partial charge in [-0.05, 0) is 12.8 Å². The normalized spacial score (nSPS) is 29.7.